The molecular weight excluding hydrogens is 268 g/mol. The zero-order valence-corrected chi connectivity index (χ0v) is 11.4. The van der Waals surface area contributed by atoms with E-state index >= 15 is 0 Å². The van der Waals surface area contributed by atoms with E-state index in [2.05, 4.69) is 10.6 Å². The fraction of sp³-hybridized carbons (Fsp3) is 0.636. The first-order chi connectivity index (χ1) is 9.15. The Labute approximate surface area is 116 Å². The third-order valence-corrected chi connectivity index (χ3v) is 2.48. The number of rotatable bonds is 8. The lowest BCUT2D eigenvalue weighted by atomic mass is 10.1. The molecule has 0 bridgehead atoms. The average Bonchev–Trinajstić information content (AvgIpc) is 2.33. The lowest BCUT2D eigenvalue weighted by Gasteiger charge is -2.16. The number of nitrogens with one attached hydrogen (secondary N) is 2. The van der Waals surface area contributed by atoms with Gasteiger partial charge in [-0.2, -0.15) is 0 Å². The Kier molecular flexibility index (Phi) is 7.22. The highest BCUT2D eigenvalue weighted by molar-refractivity contribution is 5.91. The van der Waals surface area contributed by atoms with Crippen molar-refractivity contribution in [2.45, 2.75) is 32.4 Å². The third-order valence-electron chi connectivity index (χ3n) is 2.48. The molecule has 2 atom stereocenters. The molecule has 7 N–H and O–H groups in total. The van der Waals surface area contributed by atoms with Gasteiger partial charge in [0.05, 0.1) is 19.0 Å². The van der Waals surface area contributed by atoms with Crippen LogP contribution in [0.3, 0.4) is 0 Å². The number of carbonyl (C=O) groups is 4. The van der Waals surface area contributed by atoms with Crippen LogP contribution < -0.4 is 22.1 Å². The summed E-state index contributed by atoms with van der Waals surface area (Å²) in [4.78, 5) is 44.4. The number of nitrogens with two attached hydrogens (primary N) is 2. The number of carbonyl (C=O) groups excluding carboxylic acids is 3. The zero-order chi connectivity index (χ0) is 15.9. The van der Waals surface area contributed by atoms with Crippen LogP contribution in [0.5, 0.6) is 0 Å². The molecule has 0 saturated heterocycles. The predicted octanol–water partition coefficient (Wildman–Crippen LogP) is -2.47. The molecule has 0 spiro atoms. The number of hydrogen-bond donors (Lipinski definition) is 5. The number of amides is 3. The molecule has 20 heavy (non-hydrogen) atoms. The minimum absolute atomic E-state index is 0.0975. The molecule has 114 valence electrons. The van der Waals surface area contributed by atoms with Gasteiger partial charge in [0, 0.05) is 0 Å². The van der Waals surface area contributed by atoms with Crippen molar-refractivity contribution in [3.8, 4) is 0 Å². The van der Waals surface area contributed by atoms with Crippen molar-refractivity contribution < 1.29 is 24.3 Å². The summed E-state index contributed by atoms with van der Waals surface area (Å²) in [5.74, 6) is -3.61. The van der Waals surface area contributed by atoms with Crippen molar-refractivity contribution in [1.29, 1.82) is 0 Å². The number of primary amides is 1. The summed E-state index contributed by atoms with van der Waals surface area (Å²) < 4.78 is 0. The Hall–Kier alpha value is -2.16. The van der Waals surface area contributed by atoms with E-state index in [0.29, 0.717) is 0 Å². The summed E-state index contributed by atoms with van der Waals surface area (Å²) in [6.07, 6.45) is -0.527. The minimum Gasteiger partial charge on any atom is -0.480 e. The van der Waals surface area contributed by atoms with E-state index in [9.17, 15) is 19.2 Å². The third kappa shape index (κ3) is 6.69. The molecule has 0 aromatic heterocycles. The fourth-order valence-corrected chi connectivity index (χ4v) is 1.23. The first-order valence-corrected chi connectivity index (χ1v) is 5.99. The second-order valence-corrected chi connectivity index (χ2v) is 4.62. The smallest absolute Gasteiger partial charge is 0.326 e. The van der Waals surface area contributed by atoms with Gasteiger partial charge < -0.3 is 27.2 Å². The molecule has 0 aliphatic carbocycles. The summed E-state index contributed by atoms with van der Waals surface area (Å²) in [5, 5.41) is 13.1. The second-order valence-electron chi connectivity index (χ2n) is 4.62. The van der Waals surface area contributed by atoms with Gasteiger partial charge in [-0.3, -0.25) is 14.4 Å². The van der Waals surface area contributed by atoms with Gasteiger partial charge in [-0.1, -0.05) is 13.8 Å². The highest BCUT2D eigenvalue weighted by Gasteiger charge is 2.23. The Morgan fingerprint density at radius 3 is 2.15 bits per heavy atom. The van der Waals surface area contributed by atoms with E-state index in [0.717, 1.165) is 0 Å². The lowest BCUT2D eigenvalue weighted by Crippen LogP contribution is -2.50. The van der Waals surface area contributed by atoms with Crippen LogP contribution in [0.25, 0.3) is 0 Å². The van der Waals surface area contributed by atoms with Crippen LogP contribution in [0.2, 0.25) is 0 Å². The van der Waals surface area contributed by atoms with Gasteiger partial charge in [0.15, 0.2) is 0 Å². The van der Waals surface area contributed by atoms with Crippen molar-refractivity contribution in [1.82, 2.24) is 10.6 Å². The molecule has 0 heterocycles. The molecule has 0 fully saturated rings. The molecule has 0 aromatic rings. The molecule has 0 radical (unpaired) electrons. The summed E-state index contributed by atoms with van der Waals surface area (Å²) in [5.41, 5.74) is 10.4. The summed E-state index contributed by atoms with van der Waals surface area (Å²) >= 11 is 0. The van der Waals surface area contributed by atoms with Crippen LogP contribution in [-0.4, -0.2) is 47.4 Å². The average molecular weight is 288 g/mol. The largest absolute Gasteiger partial charge is 0.480 e. The standard InChI is InChI=1S/C11H20N4O5/c1-5(2)9(13)10(18)14-4-8(17)15-6(11(19)20)3-7(12)16/h5-6,9H,3-4,13H2,1-2H3,(H2,12,16)(H,14,18)(H,15,17)(H,19,20)/t6?,9-/m0/s1. The van der Waals surface area contributed by atoms with Crippen LogP contribution in [0.1, 0.15) is 20.3 Å². The Morgan fingerprint density at radius 2 is 1.75 bits per heavy atom. The van der Waals surface area contributed by atoms with E-state index in [1.54, 1.807) is 13.8 Å². The highest BCUT2D eigenvalue weighted by Crippen LogP contribution is 1.97. The first-order valence-electron chi connectivity index (χ1n) is 5.99. The van der Waals surface area contributed by atoms with E-state index in [4.69, 9.17) is 16.6 Å². The van der Waals surface area contributed by atoms with Crippen LogP contribution in [0.4, 0.5) is 0 Å². The molecule has 9 nitrogen and oxygen atoms in total. The topological polar surface area (TPSA) is 165 Å². The number of hydrogen-bond acceptors (Lipinski definition) is 5. The van der Waals surface area contributed by atoms with E-state index in [-0.39, 0.29) is 5.92 Å². The van der Waals surface area contributed by atoms with E-state index in [1.807, 2.05) is 0 Å². The van der Waals surface area contributed by atoms with Gasteiger partial charge in [-0.15, -0.1) is 0 Å². The van der Waals surface area contributed by atoms with Gasteiger partial charge in [0.1, 0.15) is 6.04 Å². The molecule has 0 saturated carbocycles. The summed E-state index contributed by atoms with van der Waals surface area (Å²) in [6.45, 7) is 3.07. The van der Waals surface area contributed by atoms with Crippen LogP contribution in [-0.2, 0) is 19.2 Å². The van der Waals surface area contributed by atoms with E-state index < -0.39 is 48.7 Å². The normalized spacial score (nSPS) is 13.4. The second kappa shape index (κ2) is 8.10. The van der Waals surface area contributed by atoms with Gasteiger partial charge in [-0.05, 0) is 5.92 Å². The van der Waals surface area contributed by atoms with Crippen LogP contribution in [0, 0.1) is 5.92 Å². The molecule has 3 amide bonds. The van der Waals surface area contributed by atoms with Gasteiger partial charge in [-0.25, -0.2) is 4.79 Å². The molecule has 0 rings (SSSR count). The maximum Gasteiger partial charge on any atom is 0.326 e. The highest BCUT2D eigenvalue weighted by atomic mass is 16.4. The van der Waals surface area contributed by atoms with Crippen molar-refractivity contribution in [3.05, 3.63) is 0 Å². The van der Waals surface area contributed by atoms with Crippen molar-refractivity contribution >= 4 is 23.7 Å². The van der Waals surface area contributed by atoms with Crippen molar-refractivity contribution in [3.63, 3.8) is 0 Å². The van der Waals surface area contributed by atoms with E-state index in [1.165, 1.54) is 0 Å². The van der Waals surface area contributed by atoms with Gasteiger partial charge in [0.2, 0.25) is 17.7 Å². The lowest BCUT2D eigenvalue weighted by molar-refractivity contribution is -0.143. The quantitative estimate of drug-likeness (QED) is 0.332. The van der Waals surface area contributed by atoms with Gasteiger partial charge in [0.25, 0.3) is 0 Å². The zero-order valence-electron chi connectivity index (χ0n) is 11.4. The molecular formula is C11H20N4O5. The molecule has 0 aromatic carbocycles. The maximum atomic E-state index is 11.5. The van der Waals surface area contributed by atoms with Crippen LogP contribution in [0.15, 0.2) is 0 Å². The SMILES string of the molecule is CC(C)[C@H](N)C(=O)NCC(=O)NC(CC(N)=O)C(=O)O. The molecule has 1 unspecified atom stereocenters. The maximum absolute atomic E-state index is 11.5. The van der Waals surface area contributed by atoms with Gasteiger partial charge >= 0.3 is 5.97 Å². The summed E-state index contributed by atoms with van der Waals surface area (Å²) in [6, 6.07) is -2.18. The number of carboxylic acids is 1. The van der Waals surface area contributed by atoms with Crippen LogP contribution >= 0.6 is 0 Å². The van der Waals surface area contributed by atoms with Crippen molar-refractivity contribution in [2.24, 2.45) is 17.4 Å². The summed E-state index contributed by atoms with van der Waals surface area (Å²) in [7, 11) is 0. The Balaban J connectivity index is 4.30. The number of aliphatic carboxylic acids is 1. The molecule has 9 heteroatoms. The Morgan fingerprint density at radius 1 is 1.20 bits per heavy atom. The van der Waals surface area contributed by atoms with Crippen molar-refractivity contribution in [2.75, 3.05) is 6.54 Å². The number of carboxylic acid groups (broad SMARTS) is 1. The first kappa shape index (κ1) is 17.8. The minimum atomic E-state index is -1.42. The molecule has 0 aliphatic heterocycles. The predicted molar refractivity (Wildman–Crippen MR) is 69.2 cm³/mol. The Bertz CT molecular complexity index is 396. The monoisotopic (exact) mass is 288 g/mol. The fourth-order valence-electron chi connectivity index (χ4n) is 1.23. The molecule has 0 aliphatic rings.